The molecule has 98 valence electrons. The summed E-state index contributed by atoms with van der Waals surface area (Å²) in [5.74, 6) is -0.774. The van der Waals surface area contributed by atoms with Crippen LogP contribution in [0.4, 0.5) is 4.39 Å². The number of amides is 1. The third kappa shape index (κ3) is 3.26. The van der Waals surface area contributed by atoms with E-state index in [1.165, 1.54) is 31.2 Å². The van der Waals surface area contributed by atoms with E-state index in [-0.39, 0.29) is 5.91 Å². The first-order chi connectivity index (χ1) is 8.66. The molecular weight excluding hydrogens is 233 g/mol. The lowest BCUT2D eigenvalue weighted by Crippen LogP contribution is -2.35. The predicted octanol–water partition coefficient (Wildman–Crippen LogP) is 1.39. The molecule has 5 heteroatoms. The van der Waals surface area contributed by atoms with Crippen LogP contribution >= 0.6 is 0 Å². The lowest BCUT2D eigenvalue weighted by molar-refractivity contribution is 0.0781. The van der Waals surface area contributed by atoms with Gasteiger partial charge in [-0.1, -0.05) is 0 Å². The average molecular weight is 251 g/mol. The minimum Gasteiger partial charge on any atom is -0.340 e. The van der Waals surface area contributed by atoms with Gasteiger partial charge in [0.25, 0.3) is 5.91 Å². The molecule has 1 saturated heterocycles. The quantitative estimate of drug-likeness (QED) is 0.759. The van der Waals surface area contributed by atoms with Gasteiger partial charge in [-0.25, -0.2) is 4.98 Å². The minimum atomic E-state index is -0.617. The summed E-state index contributed by atoms with van der Waals surface area (Å²) in [4.78, 5) is 19.4. The summed E-state index contributed by atoms with van der Waals surface area (Å²) >= 11 is 0. The van der Waals surface area contributed by atoms with Crippen molar-refractivity contribution in [3.05, 3.63) is 29.8 Å². The first kappa shape index (κ1) is 13.0. The van der Waals surface area contributed by atoms with Crippen LogP contribution in [0, 0.1) is 5.95 Å². The monoisotopic (exact) mass is 251 g/mol. The van der Waals surface area contributed by atoms with E-state index >= 15 is 0 Å². The molecule has 2 heterocycles. The fourth-order valence-corrected chi connectivity index (χ4v) is 2.16. The van der Waals surface area contributed by atoms with E-state index in [1.54, 1.807) is 11.9 Å². The number of hydrogen-bond donors (Lipinski definition) is 0. The molecule has 0 atom stereocenters. The molecular formula is C13H18FN3O. The van der Waals surface area contributed by atoms with Gasteiger partial charge in [0, 0.05) is 38.0 Å². The van der Waals surface area contributed by atoms with Gasteiger partial charge in [-0.05, 0) is 32.0 Å². The van der Waals surface area contributed by atoms with E-state index in [2.05, 4.69) is 9.88 Å². The van der Waals surface area contributed by atoms with E-state index in [9.17, 15) is 9.18 Å². The molecule has 1 aromatic heterocycles. The van der Waals surface area contributed by atoms with Crippen LogP contribution in [0.2, 0.25) is 0 Å². The van der Waals surface area contributed by atoms with Crippen LogP contribution in [0.1, 0.15) is 23.2 Å². The van der Waals surface area contributed by atoms with Gasteiger partial charge in [-0.3, -0.25) is 4.79 Å². The number of rotatable bonds is 4. The fourth-order valence-electron chi connectivity index (χ4n) is 2.16. The van der Waals surface area contributed by atoms with Crippen molar-refractivity contribution in [1.29, 1.82) is 0 Å². The summed E-state index contributed by atoms with van der Waals surface area (Å²) < 4.78 is 12.9. The fraction of sp³-hybridized carbons (Fsp3) is 0.538. The maximum absolute atomic E-state index is 12.9. The third-order valence-electron chi connectivity index (χ3n) is 3.27. The Morgan fingerprint density at radius 2 is 2.22 bits per heavy atom. The highest BCUT2D eigenvalue weighted by molar-refractivity contribution is 5.93. The summed E-state index contributed by atoms with van der Waals surface area (Å²) in [6, 6.07) is 2.71. The van der Waals surface area contributed by atoms with Crippen molar-refractivity contribution < 1.29 is 9.18 Å². The number of carbonyl (C=O) groups excluding carboxylic acids is 1. The van der Waals surface area contributed by atoms with E-state index in [0.717, 1.165) is 19.6 Å². The normalized spacial score (nSPS) is 15.9. The molecule has 1 fully saturated rings. The van der Waals surface area contributed by atoms with Gasteiger partial charge >= 0.3 is 0 Å². The molecule has 0 saturated carbocycles. The molecule has 1 amide bonds. The lowest BCUT2D eigenvalue weighted by Gasteiger charge is -2.21. The first-order valence-corrected chi connectivity index (χ1v) is 6.26. The number of likely N-dealkylation sites (N-methyl/N-ethyl adjacent to an activating group) is 1. The van der Waals surface area contributed by atoms with Gasteiger partial charge < -0.3 is 9.80 Å². The summed E-state index contributed by atoms with van der Waals surface area (Å²) in [5.41, 5.74) is 0.353. The third-order valence-corrected chi connectivity index (χ3v) is 3.27. The Labute approximate surface area is 106 Å². The molecule has 2 rings (SSSR count). The molecule has 0 radical (unpaired) electrons. The summed E-state index contributed by atoms with van der Waals surface area (Å²) in [5, 5.41) is 0. The first-order valence-electron chi connectivity index (χ1n) is 6.26. The van der Waals surface area contributed by atoms with Crippen molar-refractivity contribution >= 4 is 5.91 Å². The zero-order valence-electron chi connectivity index (χ0n) is 10.6. The van der Waals surface area contributed by atoms with Crippen LogP contribution < -0.4 is 0 Å². The van der Waals surface area contributed by atoms with Crippen molar-refractivity contribution in [3.63, 3.8) is 0 Å². The van der Waals surface area contributed by atoms with Crippen molar-refractivity contribution in [3.8, 4) is 0 Å². The maximum atomic E-state index is 12.9. The van der Waals surface area contributed by atoms with Crippen molar-refractivity contribution in [2.75, 3.05) is 33.2 Å². The molecule has 1 aromatic rings. The number of likely N-dealkylation sites (tertiary alicyclic amines) is 1. The second-order valence-electron chi connectivity index (χ2n) is 4.64. The van der Waals surface area contributed by atoms with E-state index in [4.69, 9.17) is 0 Å². The molecule has 0 N–H and O–H groups in total. The van der Waals surface area contributed by atoms with Gasteiger partial charge in [0.1, 0.15) is 0 Å². The van der Waals surface area contributed by atoms with E-state index < -0.39 is 5.95 Å². The van der Waals surface area contributed by atoms with Gasteiger partial charge in [-0.15, -0.1) is 0 Å². The Balaban J connectivity index is 1.87. The highest BCUT2D eigenvalue weighted by Gasteiger charge is 2.15. The van der Waals surface area contributed by atoms with Crippen LogP contribution in [-0.4, -0.2) is 53.9 Å². The molecule has 0 aromatic carbocycles. The molecule has 1 aliphatic rings. The summed E-state index contributed by atoms with van der Waals surface area (Å²) in [6.07, 6.45) is 3.80. The second-order valence-corrected chi connectivity index (χ2v) is 4.64. The van der Waals surface area contributed by atoms with Crippen LogP contribution in [-0.2, 0) is 0 Å². The average Bonchev–Trinajstić information content (AvgIpc) is 2.88. The number of carbonyl (C=O) groups is 1. The van der Waals surface area contributed by atoms with E-state index in [1.807, 2.05) is 0 Å². The molecule has 0 aliphatic carbocycles. The van der Waals surface area contributed by atoms with Crippen LogP contribution in [0.3, 0.4) is 0 Å². The topological polar surface area (TPSA) is 36.4 Å². The molecule has 0 bridgehead atoms. The van der Waals surface area contributed by atoms with Gasteiger partial charge in [0.2, 0.25) is 5.95 Å². The number of halogens is 1. The van der Waals surface area contributed by atoms with Gasteiger partial charge in [-0.2, -0.15) is 4.39 Å². The number of pyridine rings is 1. The van der Waals surface area contributed by atoms with Crippen LogP contribution in [0.15, 0.2) is 18.3 Å². The lowest BCUT2D eigenvalue weighted by atomic mass is 10.2. The second kappa shape index (κ2) is 5.91. The number of aromatic nitrogens is 1. The summed E-state index contributed by atoms with van der Waals surface area (Å²) in [6.45, 7) is 3.79. The highest BCUT2D eigenvalue weighted by Crippen LogP contribution is 2.08. The summed E-state index contributed by atoms with van der Waals surface area (Å²) in [7, 11) is 1.75. The Hall–Kier alpha value is -1.49. The zero-order valence-corrected chi connectivity index (χ0v) is 10.6. The largest absolute Gasteiger partial charge is 0.340 e. The maximum Gasteiger partial charge on any atom is 0.253 e. The highest BCUT2D eigenvalue weighted by atomic mass is 19.1. The van der Waals surface area contributed by atoms with Crippen LogP contribution in [0.5, 0.6) is 0 Å². The Morgan fingerprint density at radius 1 is 1.50 bits per heavy atom. The smallest absolute Gasteiger partial charge is 0.253 e. The predicted molar refractivity (Wildman–Crippen MR) is 66.8 cm³/mol. The Bertz CT molecular complexity index is 418. The Kier molecular flexibility index (Phi) is 4.25. The Morgan fingerprint density at radius 3 is 2.89 bits per heavy atom. The molecule has 18 heavy (non-hydrogen) atoms. The zero-order chi connectivity index (χ0) is 13.0. The van der Waals surface area contributed by atoms with Gasteiger partial charge in [0.05, 0.1) is 0 Å². The number of nitrogens with zero attached hydrogens (tertiary/aromatic N) is 3. The molecule has 1 aliphatic heterocycles. The molecule has 0 unspecified atom stereocenters. The standard InChI is InChI=1S/C13H18FN3O/c1-16(8-9-17-6-2-3-7-17)13(18)11-4-5-15-12(14)10-11/h4-5,10H,2-3,6-9H2,1H3. The van der Waals surface area contributed by atoms with Crippen molar-refractivity contribution in [2.45, 2.75) is 12.8 Å². The molecule has 0 spiro atoms. The van der Waals surface area contributed by atoms with Crippen molar-refractivity contribution in [1.82, 2.24) is 14.8 Å². The van der Waals surface area contributed by atoms with Gasteiger partial charge in [0.15, 0.2) is 0 Å². The van der Waals surface area contributed by atoms with Crippen molar-refractivity contribution in [2.24, 2.45) is 0 Å². The van der Waals surface area contributed by atoms with E-state index in [0.29, 0.717) is 12.1 Å². The minimum absolute atomic E-state index is 0.157. The molecule has 4 nitrogen and oxygen atoms in total. The number of hydrogen-bond acceptors (Lipinski definition) is 3. The SMILES string of the molecule is CN(CCN1CCCC1)C(=O)c1ccnc(F)c1. The van der Waals surface area contributed by atoms with Crippen LogP contribution in [0.25, 0.3) is 0 Å².